The van der Waals surface area contributed by atoms with Crippen molar-refractivity contribution in [3.8, 4) is 39.1 Å². The van der Waals surface area contributed by atoms with Gasteiger partial charge in [0.25, 0.3) is 0 Å². The van der Waals surface area contributed by atoms with E-state index in [1.807, 2.05) is 0 Å². The van der Waals surface area contributed by atoms with Crippen molar-refractivity contribution < 1.29 is 0 Å². The predicted molar refractivity (Wildman–Crippen MR) is 212 cm³/mol. The van der Waals surface area contributed by atoms with E-state index in [0.29, 0.717) is 0 Å². The van der Waals surface area contributed by atoms with E-state index in [9.17, 15) is 0 Å². The Balaban J connectivity index is 1.11. The maximum absolute atomic E-state index is 2.37. The number of fused-ring (bicyclic) bond motifs is 3. The molecule has 9 rings (SSSR count). The normalized spacial score (nSPS) is 11.2. The van der Waals surface area contributed by atoms with Gasteiger partial charge in [0.15, 0.2) is 0 Å². The van der Waals surface area contributed by atoms with Crippen LogP contribution in [-0.2, 0) is 0 Å². The molecule has 0 atom stereocenters. The van der Waals surface area contributed by atoms with Crippen LogP contribution in [0.5, 0.6) is 0 Å². The lowest BCUT2D eigenvalue weighted by atomic mass is 9.96. The second kappa shape index (κ2) is 12.8. The molecule has 236 valence electrons. The number of hydrogen-bond acceptors (Lipinski definition) is 1. The Bertz CT molecular complexity index is 2500. The number of nitrogens with zero attached hydrogens (tertiary/aromatic N) is 2. The second-order valence-electron chi connectivity index (χ2n) is 12.6. The van der Waals surface area contributed by atoms with E-state index in [4.69, 9.17) is 0 Å². The molecule has 0 radical (unpaired) electrons. The summed E-state index contributed by atoms with van der Waals surface area (Å²) in [6.45, 7) is 0. The van der Waals surface area contributed by atoms with Crippen LogP contribution in [0.2, 0.25) is 0 Å². The van der Waals surface area contributed by atoms with Gasteiger partial charge in [-0.3, -0.25) is 0 Å². The number of anilines is 3. The van der Waals surface area contributed by atoms with Gasteiger partial charge in [-0.05, 0) is 88.5 Å². The van der Waals surface area contributed by atoms with Crippen LogP contribution >= 0.6 is 0 Å². The van der Waals surface area contributed by atoms with E-state index >= 15 is 0 Å². The van der Waals surface area contributed by atoms with Crippen LogP contribution in [0.4, 0.5) is 17.1 Å². The zero-order valence-electron chi connectivity index (χ0n) is 27.5. The molecule has 0 amide bonds. The van der Waals surface area contributed by atoms with E-state index in [0.717, 1.165) is 22.7 Å². The lowest BCUT2D eigenvalue weighted by molar-refractivity contribution is 1.18. The molecule has 50 heavy (non-hydrogen) atoms. The summed E-state index contributed by atoms with van der Waals surface area (Å²) in [5, 5.41) is 2.55. The van der Waals surface area contributed by atoms with Gasteiger partial charge in [0.2, 0.25) is 0 Å². The van der Waals surface area contributed by atoms with E-state index in [2.05, 4.69) is 216 Å². The van der Waals surface area contributed by atoms with Crippen LogP contribution in [0.15, 0.2) is 206 Å². The van der Waals surface area contributed by atoms with Crippen LogP contribution < -0.4 is 4.90 Å². The zero-order chi connectivity index (χ0) is 33.3. The summed E-state index contributed by atoms with van der Waals surface area (Å²) in [6, 6.07) is 74.0. The minimum absolute atomic E-state index is 1.10. The van der Waals surface area contributed by atoms with E-state index in [1.54, 1.807) is 0 Å². The number of rotatable bonds is 7. The minimum Gasteiger partial charge on any atom is -0.310 e. The van der Waals surface area contributed by atoms with Gasteiger partial charge in [-0.1, -0.05) is 146 Å². The Kier molecular flexibility index (Phi) is 7.53. The fraction of sp³-hybridized carbons (Fsp3) is 0. The first-order valence-electron chi connectivity index (χ1n) is 17.1. The second-order valence-corrected chi connectivity index (χ2v) is 12.6. The lowest BCUT2D eigenvalue weighted by Gasteiger charge is -2.28. The average Bonchev–Trinajstić information content (AvgIpc) is 3.54. The number of para-hydroxylation sites is 3. The zero-order valence-corrected chi connectivity index (χ0v) is 27.5. The summed E-state index contributed by atoms with van der Waals surface area (Å²) in [7, 11) is 0. The van der Waals surface area contributed by atoms with E-state index < -0.39 is 0 Å². The molecule has 0 unspecified atom stereocenters. The van der Waals surface area contributed by atoms with Gasteiger partial charge in [0, 0.05) is 33.4 Å². The van der Waals surface area contributed by atoms with Crippen LogP contribution in [0.25, 0.3) is 60.9 Å². The van der Waals surface area contributed by atoms with Crippen molar-refractivity contribution >= 4 is 38.9 Å². The van der Waals surface area contributed by atoms with Gasteiger partial charge >= 0.3 is 0 Å². The molecular formula is C48H34N2. The fourth-order valence-electron chi connectivity index (χ4n) is 7.20. The topological polar surface area (TPSA) is 8.17 Å². The monoisotopic (exact) mass is 638 g/mol. The quantitative estimate of drug-likeness (QED) is 0.169. The van der Waals surface area contributed by atoms with Crippen molar-refractivity contribution in [2.75, 3.05) is 4.90 Å². The van der Waals surface area contributed by atoms with Crippen molar-refractivity contribution in [2.45, 2.75) is 0 Å². The summed E-state index contributed by atoms with van der Waals surface area (Å²) in [6.07, 6.45) is 0. The first kappa shape index (κ1) is 29.5. The first-order valence-corrected chi connectivity index (χ1v) is 17.1. The summed E-state index contributed by atoms with van der Waals surface area (Å²) in [5.74, 6) is 0. The Morgan fingerprint density at radius 3 is 1.36 bits per heavy atom. The molecule has 0 saturated heterocycles. The Morgan fingerprint density at radius 2 is 0.760 bits per heavy atom. The first-order chi connectivity index (χ1) is 24.8. The van der Waals surface area contributed by atoms with Crippen LogP contribution in [0.1, 0.15) is 0 Å². The summed E-state index contributed by atoms with van der Waals surface area (Å²) in [4.78, 5) is 2.37. The maximum Gasteiger partial charge on any atom is 0.0541 e. The third kappa shape index (κ3) is 5.34. The number of hydrogen-bond donors (Lipinski definition) is 0. The Hall–Kier alpha value is -6.64. The summed E-state index contributed by atoms with van der Waals surface area (Å²) >= 11 is 0. The largest absolute Gasteiger partial charge is 0.310 e. The molecule has 0 N–H and O–H groups in total. The van der Waals surface area contributed by atoms with Gasteiger partial charge in [0.1, 0.15) is 0 Å². The molecule has 0 aliphatic heterocycles. The van der Waals surface area contributed by atoms with Crippen molar-refractivity contribution in [3.63, 3.8) is 0 Å². The highest BCUT2D eigenvalue weighted by atomic mass is 15.1. The van der Waals surface area contributed by atoms with Crippen molar-refractivity contribution in [3.05, 3.63) is 206 Å². The summed E-state index contributed by atoms with van der Waals surface area (Å²) in [5.41, 5.74) is 14.1. The molecular weight excluding hydrogens is 605 g/mol. The highest BCUT2D eigenvalue weighted by Gasteiger charge is 2.18. The fourth-order valence-corrected chi connectivity index (χ4v) is 7.20. The molecule has 0 spiro atoms. The Morgan fingerprint density at radius 1 is 0.320 bits per heavy atom. The van der Waals surface area contributed by atoms with E-state index in [1.165, 1.54) is 55.2 Å². The van der Waals surface area contributed by atoms with Gasteiger partial charge in [-0.25, -0.2) is 0 Å². The molecule has 0 aliphatic carbocycles. The SMILES string of the molecule is c1ccc(-c2ccc(N(c3ccccc3)c3ccc(-c4ccc(-n5c6ccccc6c6ccccc65)cc4)cc3)c(-c3ccccc3)c2)cc1. The molecule has 9 aromatic rings. The molecule has 8 aromatic carbocycles. The third-order valence-electron chi connectivity index (χ3n) is 9.61. The molecule has 0 saturated carbocycles. The lowest BCUT2D eigenvalue weighted by Crippen LogP contribution is -2.11. The highest BCUT2D eigenvalue weighted by Crippen LogP contribution is 2.43. The molecule has 1 aromatic heterocycles. The van der Waals surface area contributed by atoms with Gasteiger partial charge in [-0.2, -0.15) is 0 Å². The summed E-state index contributed by atoms with van der Waals surface area (Å²) < 4.78 is 2.36. The van der Waals surface area contributed by atoms with Crippen LogP contribution in [-0.4, -0.2) is 4.57 Å². The molecule has 2 heteroatoms. The van der Waals surface area contributed by atoms with Crippen LogP contribution in [0.3, 0.4) is 0 Å². The molecule has 0 aliphatic rings. The van der Waals surface area contributed by atoms with Crippen molar-refractivity contribution in [2.24, 2.45) is 0 Å². The molecule has 0 bridgehead atoms. The Labute approximate surface area is 292 Å². The average molecular weight is 639 g/mol. The van der Waals surface area contributed by atoms with E-state index in [-0.39, 0.29) is 0 Å². The standard InChI is InChI=1S/C48H34N2/c1-4-14-35(15-5-1)39-28-33-48(45(34-39)38-16-6-2-7-17-38)49(40-18-8-3-9-19-40)41-29-24-36(25-30-41)37-26-31-42(32-27-37)50-46-22-12-10-20-43(46)44-21-11-13-23-47(44)50/h1-34H. The van der Waals surface area contributed by atoms with Crippen molar-refractivity contribution in [1.29, 1.82) is 0 Å². The van der Waals surface area contributed by atoms with Crippen molar-refractivity contribution in [1.82, 2.24) is 4.57 Å². The van der Waals surface area contributed by atoms with Gasteiger partial charge in [0.05, 0.1) is 16.7 Å². The molecule has 1 heterocycles. The van der Waals surface area contributed by atoms with Crippen LogP contribution in [0, 0.1) is 0 Å². The highest BCUT2D eigenvalue weighted by molar-refractivity contribution is 6.09. The predicted octanol–water partition coefficient (Wildman–Crippen LogP) is 13.3. The smallest absolute Gasteiger partial charge is 0.0541 e. The molecule has 2 nitrogen and oxygen atoms in total. The number of aromatic nitrogens is 1. The van der Waals surface area contributed by atoms with Gasteiger partial charge < -0.3 is 9.47 Å². The maximum atomic E-state index is 2.37. The number of benzene rings is 8. The third-order valence-corrected chi connectivity index (χ3v) is 9.61. The minimum atomic E-state index is 1.10. The molecule has 0 fully saturated rings. The van der Waals surface area contributed by atoms with Gasteiger partial charge in [-0.15, -0.1) is 0 Å².